The van der Waals surface area contributed by atoms with Crippen LogP contribution in [0.4, 0.5) is 0 Å². The summed E-state index contributed by atoms with van der Waals surface area (Å²) < 4.78 is 5.63. The summed E-state index contributed by atoms with van der Waals surface area (Å²) in [5, 5.41) is 0. The average Bonchev–Trinajstić information content (AvgIpc) is 2.25. The third-order valence-corrected chi connectivity index (χ3v) is 3.44. The molecule has 0 aliphatic heterocycles. The topological polar surface area (TPSA) is 19.0 Å². The van der Waals surface area contributed by atoms with Crippen LogP contribution in [-0.2, 0) is 4.74 Å². The van der Waals surface area contributed by atoms with Gasteiger partial charge in [0.25, 0.3) is 0 Å². The van der Waals surface area contributed by atoms with Crippen LogP contribution in [0.2, 0.25) is 0 Å². The van der Waals surface area contributed by atoms with Crippen LogP contribution >= 0.6 is 0 Å². The first-order chi connectivity index (χ1) is 8.34. The highest BCUT2D eigenvalue weighted by Crippen LogP contribution is 2.09. The first kappa shape index (κ1) is 17.8. The molecule has 0 aromatic carbocycles. The highest BCUT2D eigenvalue weighted by Gasteiger charge is 2.17. The molecule has 0 amide bonds. The van der Waals surface area contributed by atoms with Gasteiger partial charge in [0.05, 0.1) is 13.2 Å². The molecule has 110 valence electrons. The molecule has 0 aromatic heterocycles. The lowest BCUT2D eigenvalue weighted by Crippen LogP contribution is -2.40. The van der Waals surface area contributed by atoms with Gasteiger partial charge in [-0.1, -0.05) is 6.92 Å². The van der Waals surface area contributed by atoms with Crippen molar-refractivity contribution in [2.24, 2.45) is 5.92 Å². The monoisotopic (exact) mass is 259 g/mol. The van der Waals surface area contributed by atoms with E-state index in [4.69, 9.17) is 4.74 Å². The predicted octanol–water partition coefficient (Wildman–Crippen LogP) is 1.08. The van der Waals surface area contributed by atoms with Gasteiger partial charge in [0.1, 0.15) is 0 Å². The standard InChI is InChI=1S/C14H33N3O/c1-13(12-16(5)6)14(2)17(7)9-11-18-10-8-15(3)4/h13-14H,8-12H2,1-7H3. The van der Waals surface area contributed by atoms with E-state index >= 15 is 0 Å². The van der Waals surface area contributed by atoms with Gasteiger partial charge in [-0.25, -0.2) is 0 Å². The van der Waals surface area contributed by atoms with Gasteiger partial charge in [0.2, 0.25) is 0 Å². The Morgan fingerprint density at radius 2 is 1.39 bits per heavy atom. The first-order valence-corrected chi connectivity index (χ1v) is 6.92. The number of rotatable bonds is 10. The third-order valence-electron chi connectivity index (χ3n) is 3.44. The number of ether oxygens (including phenoxy) is 1. The molecule has 0 N–H and O–H groups in total. The Kier molecular flexibility index (Phi) is 9.64. The highest BCUT2D eigenvalue weighted by atomic mass is 16.5. The van der Waals surface area contributed by atoms with E-state index in [0.29, 0.717) is 12.0 Å². The lowest BCUT2D eigenvalue weighted by atomic mass is 10.0. The van der Waals surface area contributed by atoms with Crippen LogP contribution in [0.5, 0.6) is 0 Å². The maximum atomic E-state index is 5.63. The van der Waals surface area contributed by atoms with E-state index in [-0.39, 0.29) is 0 Å². The molecule has 2 unspecified atom stereocenters. The van der Waals surface area contributed by atoms with Gasteiger partial charge >= 0.3 is 0 Å². The van der Waals surface area contributed by atoms with Crippen LogP contribution in [0.1, 0.15) is 13.8 Å². The summed E-state index contributed by atoms with van der Waals surface area (Å²) in [4.78, 5) is 6.79. The molecule has 0 fully saturated rings. The van der Waals surface area contributed by atoms with Crippen molar-refractivity contribution >= 4 is 0 Å². The fourth-order valence-corrected chi connectivity index (χ4v) is 1.92. The Morgan fingerprint density at radius 1 is 0.833 bits per heavy atom. The van der Waals surface area contributed by atoms with E-state index in [9.17, 15) is 0 Å². The molecule has 4 heteroatoms. The van der Waals surface area contributed by atoms with Crippen LogP contribution in [-0.4, -0.2) is 88.8 Å². The molecular weight excluding hydrogens is 226 g/mol. The van der Waals surface area contributed by atoms with Gasteiger partial charge in [-0.15, -0.1) is 0 Å². The average molecular weight is 259 g/mol. The second kappa shape index (κ2) is 9.73. The summed E-state index contributed by atoms with van der Waals surface area (Å²) in [6.45, 7) is 9.39. The first-order valence-electron chi connectivity index (χ1n) is 6.92. The minimum absolute atomic E-state index is 0.588. The Morgan fingerprint density at radius 3 is 1.89 bits per heavy atom. The fraction of sp³-hybridized carbons (Fsp3) is 1.00. The van der Waals surface area contributed by atoms with E-state index in [2.05, 4.69) is 63.8 Å². The van der Waals surface area contributed by atoms with Crippen molar-refractivity contribution in [1.82, 2.24) is 14.7 Å². The molecule has 0 spiro atoms. The third kappa shape index (κ3) is 8.86. The SMILES string of the molecule is CC(CN(C)C)C(C)N(C)CCOCCN(C)C. The molecule has 0 saturated carbocycles. The van der Waals surface area contributed by atoms with Crippen molar-refractivity contribution in [2.45, 2.75) is 19.9 Å². The number of likely N-dealkylation sites (N-methyl/N-ethyl adjacent to an activating group) is 2. The largest absolute Gasteiger partial charge is 0.379 e. The molecule has 0 saturated heterocycles. The maximum absolute atomic E-state index is 5.63. The number of nitrogens with zero attached hydrogens (tertiary/aromatic N) is 3. The predicted molar refractivity (Wildman–Crippen MR) is 79.2 cm³/mol. The summed E-state index contributed by atoms with van der Waals surface area (Å²) in [6, 6.07) is 0.588. The van der Waals surface area contributed by atoms with Crippen LogP contribution in [0.3, 0.4) is 0 Å². The normalized spacial score (nSPS) is 15.7. The van der Waals surface area contributed by atoms with Gasteiger partial charge < -0.3 is 19.4 Å². The molecule has 0 radical (unpaired) electrons. The van der Waals surface area contributed by atoms with Crippen molar-refractivity contribution in [1.29, 1.82) is 0 Å². The van der Waals surface area contributed by atoms with Gasteiger partial charge in [-0.2, -0.15) is 0 Å². The van der Waals surface area contributed by atoms with Crippen LogP contribution < -0.4 is 0 Å². The zero-order chi connectivity index (χ0) is 14.1. The minimum atomic E-state index is 0.588. The van der Waals surface area contributed by atoms with Crippen molar-refractivity contribution in [2.75, 3.05) is 68.1 Å². The van der Waals surface area contributed by atoms with Crippen molar-refractivity contribution in [3.8, 4) is 0 Å². The summed E-state index contributed by atoms with van der Waals surface area (Å²) in [5.74, 6) is 0.673. The van der Waals surface area contributed by atoms with E-state index < -0.39 is 0 Å². The molecule has 0 bridgehead atoms. The second-order valence-electron chi connectivity index (χ2n) is 5.88. The zero-order valence-electron chi connectivity index (χ0n) is 13.4. The van der Waals surface area contributed by atoms with E-state index in [1.165, 1.54) is 0 Å². The molecule has 0 heterocycles. The molecule has 0 rings (SSSR count). The number of hydrogen-bond donors (Lipinski definition) is 0. The molecule has 0 aliphatic rings. The summed E-state index contributed by atoms with van der Waals surface area (Å²) >= 11 is 0. The van der Waals surface area contributed by atoms with Gasteiger partial charge in [-0.05, 0) is 48.1 Å². The zero-order valence-corrected chi connectivity index (χ0v) is 13.4. The van der Waals surface area contributed by atoms with Crippen LogP contribution in [0.25, 0.3) is 0 Å². The van der Waals surface area contributed by atoms with Crippen LogP contribution in [0.15, 0.2) is 0 Å². The lowest BCUT2D eigenvalue weighted by molar-refractivity contribution is 0.0789. The van der Waals surface area contributed by atoms with Gasteiger partial charge in [-0.3, -0.25) is 0 Å². The fourth-order valence-electron chi connectivity index (χ4n) is 1.92. The van der Waals surface area contributed by atoms with Gasteiger partial charge in [0.15, 0.2) is 0 Å². The lowest BCUT2D eigenvalue weighted by Gasteiger charge is -2.31. The molecule has 4 nitrogen and oxygen atoms in total. The summed E-state index contributed by atoms with van der Waals surface area (Å²) in [7, 11) is 10.6. The Labute approximate surface area is 114 Å². The Balaban J connectivity index is 3.70. The van der Waals surface area contributed by atoms with Crippen molar-refractivity contribution < 1.29 is 4.74 Å². The molecule has 2 atom stereocenters. The Bertz CT molecular complexity index is 197. The van der Waals surface area contributed by atoms with E-state index in [1.54, 1.807) is 0 Å². The summed E-state index contributed by atoms with van der Waals surface area (Å²) in [6.07, 6.45) is 0. The maximum Gasteiger partial charge on any atom is 0.0594 e. The van der Waals surface area contributed by atoms with E-state index in [1.807, 2.05) is 0 Å². The highest BCUT2D eigenvalue weighted by molar-refractivity contribution is 4.71. The molecule has 18 heavy (non-hydrogen) atoms. The molecule has 0 aromatic rings. The Hall–Kier alpha value is -0.160. The van der Waals surface area contributed by atoms with E-state index in [0.717, 1.165) is 32.8 Å². The van der Waals surface area contributed by atoms with Crippen molar-refractivity contribution in [3.05, 3.63) is 0 Å². The van der Waals surface area contributed by atoms with Crippen molar-refractivity contribution in [3.63, 3.8) is 0 Å². The minimum Gasteiger partial charge on any atom is -0.379 e. The van der Waals surface area contributed by atoms with Gasteiger partial charge in [0, 0.05) is 25.7 Å². The quantitative estimate of drug-likeness (QED) is 0.547. The van der Waals surface area contributed by atoms with Crippen LogP contribution in [0, 0.1) is 5.92 Å². The molecular formula is C14H33N3O. The summed E-state index contributed by atoms with van der Waals surface area (Å²) in [5.41, 5.74) is 0. The number of hydrogen-bond acceptors (Lipinski definition) is 4. The molecule has 0 aliphatic carbocycles. The smallest absolute Gasteiger partial charge is 0.0594 e. The second-order valence-corrected chi connectivity index (χ2v) is 5.88.